The van der Waals surface area contributed by atoms with Crippen LogP contribution in [0, 0.1) is 0 Å². The molecule has 0 aromatic heterocycles. The summed E-state index contributed by atoms with van der Waals surface area (Å²) in [6.45, 7) is 5.23. The Morgan fingerprint density at radius 1 is 0.440 bits per heavy atom. The van der Waals surface area contributed by atoms with Crippen molar-refractivity contribution in [1.82, 2.24) is 4.90 Å². The molecule has 50 heavy (non-hydrogen) atoms. The first-order valence-corrected chi connectivity index (χ1v) is 22.1. The van der Waals surface area contributed by atoms with Crippen molar-refractivity contribution in [3.8, 4) is 0 Å². The fourth-order valence-electron chi connectivity index (χ4n) is 7.52. The van der Waals surface area contributed by atoms with Gasteiger partial charge in [0.25, 0.3) is 5.91 Å². The Balaban J connectivity index is 2.27. The average molecular weight is 712 g/mol. The van der Waals surface area contributed by atoms with Crippen molar-refractivity contribution >= 4 is 5.91 Å². The van der Waals surface area contributed by atoms with Gasteiger partial charge in [-0.15, -0.1) is 0 Å². The van der Waals surface area contributed by atoms with Crippen molar-refractivity contribution in [3.05, 3.63) is 0 Å². The quantitative estimate of drug-likeness (QED) is 0.0482. The number of rotatable bonds is 36. The Bertz CT molecular complexity index is 700. The smallest absolute Gasteiger partial charge is 0.254 e. The summed E-state index contributed by atoms with van der Waals surface area (Å²) in [5.41, 5.74) is 0. The Morgan fingerprint density at radius 3 is 1.00 bits per heavy atom. The van der Waals surface area contributed by atoms with Crippen molar-refractivity contribution in [3.63, 3.8) is 0 Å². The van der Waals surface area contributed by atoms with Crippen LogP contribution in [-0.4, -0.2) is 81.4 Å². The highest BCUT2D eigenvalue weighted by atomic mass is 16.5. The van der Waals surface area contributed by atoms with Gasteiger partial charge < -0.3 is 30.1 Å². The van der Waals surface area contributed by atoms with Gasteiger partial charge in [0.1, 0.15) is 24.4 Å². The van der Waals surface area contributed by atoms with E-state index in [0.717, 1.165) is 25.7 Å². The molecule has 298 valence electrons. The van der Waals surface area contributed by atoms with E-state index in [-0.39, 0.29) is 5.91 Å². The van der Waals surface area contributed by atoms with E-state index in [1.165, 1.54) is 180 Å². The van der Waals surface area contributed by atoms with Gasteiger partial charge in [0.15, 0.2) is 6.10 Å². The molecule has 1 amide bonds. The molecule has 0 aliphatic carbocycles. The van der Waals surface area contributed by atoms with E-state index in [0.29, 0.717) is 13.1 Å². The van der Waals surface area contributed by atoms with Crippen LogP contribution >= 0.6 is 0 Å². The summed E-state index contributed by atoms with van der Waals surface area (Å²) in [6, 6.07) is 0. The third-order valence-corrected chi connectivity index (χ3v) is 11.0. The monoisotopic (exact) mass is 712 g/mol. The van der Waals surface area contributed by atoms with Gasteiger partial charge in [0.2, 0.25) is 0 Å². The summed E-state index contributed by atoms with van der Waals surface area (Å²) in [4.78, 5) is 15.4. The number of nitrogens with zero attached hydrogens (tertiary/aromatic N) is 1. The number of ether oxygens (including phenoxy) is 1. The Labute approximate surface area is 309 Å². The molecule has 0 spiro atoms. The van der Waals surface area contributed by atoms with Crippen LogP contribution in [0.25, 0.3) is 0 Å². The number of aliphatic hydroxyl groups excluding tert-OH is 4. The maximum Gasteiger partial charge on any atom is 0.254 e. The third-order valence-electron chi connectivity index (χ3n) is 11.0. The van der Waals surface area contributed by atoms with E-state index < -0.39 is 37.1 Å². The minimum Gasteiger partial charge on any atom is -0.394 e. The molecule has 0 saturated carbocycles. The molecule has 7 heteroatoms. The molecule has 1 aliphatic heterocycles. The second-order valence-electron chi connectivity index (χ2n) is 15.7. The van der Waals surface area contributed by atoms with E-state index in [1.807, 2.05) is 0 Å². The number of aliphatic hydroxyl groups is 4. The zero-order chi connectivity index (χ0) is 36.5. The Kier molecular flexibility index (Phi) is 32.2. The minimum absolute atomic E-state index is 0.344. The van der Waals surface area contributed by atoms with Gasteiger partial charge in [0, 0.05) is 13.1 Å². The van der Waals surface area contributed by atoms with Crippen molar-refractivity contribution in [2.45, 2.75) is 250 Å². The van der Waals surface area contributed by atoms with Crippen LogP contribution in [-0.2, 0) is 9.53 Å². The fourth-order valence-corrected chi connectivity index (χ4v) is 7.52. The van der Waals surface area contributed by atoms with E-state index in [9.17, 15) is 25.2 Å². The van der Waals surface area contributed by atoms with E-state index in [2.05, 4.69) is 13.8 Å². The fraction of sp³-hybridized carbons (Fsp3) is 0.977. The maximum atomic E-state index is 13.6. The highest BCUT2D eigenvalue weighted by Crippen LogP contribution is 2.24. The van der Waals surface area contributed by atoms with Gasteiger partial charge in [-0.2, -0.15) is 0 Å². The maximum absolute atomic E-state index is 13.6. The van der Waals surface area contributed by atoms with Crippen LogP contribution in [0.2, 0.25) is 0 Å². The summed E-state index contributed by atoms with van der Waals surface area (Å²) in [6.07, 6.45) is 34.7. The standard InChI is InChI=1S/C43H85NO6/c1-3-5-7-9-11-13-15-17-19-21-23-25-27-29-31-33-35-44(43(49)42-41(48)40(47)39(46)38(37-45)50-42)36-34-32-30-28-26-24-22-20-18-16-14-12-10-8-6-4-2/h38-42,45-48H,3-37H2,1-2H3/t38-,39-,40+,41-,42-/m1/s1. The molecule has 0 aromatic carbocycles. The first-order chi connectivity index (χ1) is 24.5. The number of unbranched alkanes of at least 4 members (excludes halogenated alkanes) is 30. The van der Waals surface area contributed by atoms with Crippen LogP contribution in [0.15, 0.2) is 0 Å². The molecule has 0 radical (unpaired) electrons. The molecule has 1 saturated heterocycles. The molecule has 0 aromatic rings. The van der Waals surface area contributed by atoms with E-state index in [4.69, 9.17) is 4.74 Å². The van der Waals surface area contributed by atoms with Crippen LogP contribution in [0.5, 0.6) is 0 Å². The zero-order valence-corrected chi connectivity index (χ0v) is 33.2. The van der Waals surface area contributed by atoms with Gasteiger partial charge in [-0.25, -0.2) is 0 Å². The first-order valence-electron chi connectivity index (χ1n) is 22.1. The highest BCUT2D eigenvalue weighted by molar-refractivity contribution is 5.82. The minimum atomic E-state index is -1.53. The first kappa shape index (κ1) is 47.3. The van der Waals surface area contributed by atoms with Gasteiger partial charge in [-0.05, 0) is 12.8 Å². The van der Waals surface area contributed by atoms with Crippen LogP contribution in [0.4, 0.5) is 0 Å². The molecule has 0 unspecified atom stereocenters. The Morgan fingerprint density at radius 2 is 0.720 bits per heavy atom. The molecule has 7 nitrogen and oxygen atoms in total. The predicted molar refractivity (Wildman–Crippen MR) is 209 cm³/mol. The molecule has 1 heterocycles. The summed E-state index contributed by atoms with van der Waals surface area (Å²) >= 11 is 0. The van der Waals surface area contributed by atoms with Gasteiger partial charge in [0.05, 0.1) is 6.61 Å². The van der Waals surface area contributed by atoms with Crippen LogP contribution in [0.1, 0.15) is 219 Å². The predicted octanol–water partition coefficient (Wildman–Crippen LogP) is 10.2. The van der Waals surface area contributed by atoms with Gasteiger partial charge >= 0.3 is 0 Å². The number of hydrogen-bond donors (Lipinski definition) is 4. The average Bonchev–Trinajstić information content (AvgIpc) is 3.12. The molecular formula is C43H85NO6. The highest BCUT2D eigenvalue weighted by Gasteiger charge is 2.47. The number of hydrogen-bond acceptors (Lipinski definition) is 6. The van der Waals surface area contributed by atoms with Gasteiger partial charge in [-0.3, -0.25) is 4.79 Å². The van der Waals surface area contributed by atoms with Crippen LogP contribution < -0.4 is 0 Å². The lowest BCUT2D eigenvalue weighted by molar-refractivity contribution is -0.230. The molecule has 0 bridgehead atoms. The molecular weight excluding hydrogens is 626 g/mol. The second-order valence-corrected chi connectivity index (χ2v) is 15.7. The van der Waals surface area contributed by atoms with Crippen molar-refractivity contribution < 1.29 is 30.0 Å². The topological polar surface area (TPSA) is 110 Å². The molecule has 1 aliphatic rings. The number of carbonyl (C=O) groups excluding carboxylic acids is 1. The van der Waals surface area contributed by atoms with Crippen LogP contribution in [0.3, 0.4) is 0 Å². The van der Waals surface area contributed by atoms with E-state index >= 15 is 0 Å². The zero-order valence-electron chi connectivity index (χ0n) is 33.2. The molecule has 5 atom stereocenters. The second kappa shape index (κ2) is 34.1. The summed E-state index contributed by atoms with van der Waals surface area (Å²) in [5, 5.41) is 40.7. The van der Waals surface area contributed by atoms with Crippen molar-refractivity contribution in [2.75, 3.05) is 19.7 Å². The molecule has 1 fully saturated rings. The summed E-state index contributed by atoms with van der Waals surface area (Å²) in [7, 11) is 0. The summed E-state index contributed by atoms with van der Waals surface area (Å²) in [5.74, 6) is -0.344. The summed E-state index contributed by atoms with van der Waals surface area (Å²) < 4.78 is 5.64. The third kappa shape index (κ3) is 23.8. The normalized spacial score (nSPS) is 20.8. The largest absolute Gasteiger partial charge is 0.394 e. The molecule has 4 N–H and O–H groups in total. The lowest BCUT2D eigenvalue weighted by atomic mass is 9.94. The van der Waals surface area contributed by atoms with Crippen molar-refractivity contribution in [2.24, 2.45) is 0 Å². The SMILES string of the molecule is CCCCCCCCCCCCCCCCCCN(CCCCCCCCCCCCCCCCCC)C(=O)[C@@H]1O[C@H](CO)[C@@H](O)[C@H](O)[C@H]1O. The van der Waals surface area contributed by atoms with Crippen molar-refractivity contribution in [1.29, 1.82) is 0 Å². The molecule has 1 rings (SSSR count). The number of amides is 1. The number of carbonyl (C=O) groups is 1. The lowest BCUT2D eigenvalue weighted by Gasteiger charge is -2.41. The van der Waals surface area contributed by atoms with Gasteiger partial charge in [-0.1, -0.05) is 206 Å². The lowest BCUT2D eigenvalue weighted by Crippen LogP contribution is -2.62. The van der Waals surface area contributed by atoms with E-state index in [1.54, 1.807) is 4.90 Å². The Hall–Kier alpha value is -0.730.